The zero-order chi connectivity index (χ0) is 61.0. The number of rotatable bonds is 12. The highest BCUT2D eigenvalue weighted by Gasteiger charge is 2.51. The summed E-state index contributed by atoms with van der Waals surface area (Å²) in [6.07, 6.45) is 11.2. The molecule has 5 atom stereocenters. The lowest BCUT2D eigenvalue weighted by molar-refractivity contribution is -0.384. The molecular weight excluding hydrogens is 1160 g/mol. The minimum Gasteiger partial charge on any atom is -0.490 e. The van der Waals surface area contributed by atoms with E-state index >= 15 is 0 Å². The lowest BCUT2D eigenvalue weighted by atomic mass is 9.59. The van der Waals surface area contributed by atoms with Crippen molar-refractivity contribution in [3.8, 4) is 17.4 Å². The van der Waals surface area contributed by atoms with Crippen molar-refractivity contribution in [1.29, 1.82) is 0 Å². The van der Waals surface area contributed by atoms with Gasteiger partial charge < -0.3 is 43.8 Å². The minimum absolute atomic E-state index is 0.00912. The maximum Gasteiger partial charge on any atom is 0.297 e. The number of nitro benzene ring substituents is 1. The van der Waals surface area contributed by atoms with Gasteiger partial charge >= 0.3 is 0 Å². The van der Waals surface area contributed by atoms with Gasteiger partial charge in [0.1, 0.15) is 24.0 Å². The van der Waals surface area contributed by atoms with Crippen LogP contribution in [-0.2, 0) is 34.7 Å². The number of fused-ring (bicyclic) bond motifs is 5. The molecule has 7 aliphatic heterocycles. The first-order valence-electron chi connectivity index (χ1n) is 30.9. The van der Waals surface area contributed by atoms with E-state index in [0.717, 1.165) is 106 Å². The molecule has 14 rings (SSSR count). The van der Waals surface area contributed by atoms with Crippen molar-refractivity contribution in [2.45, 2.75) is 131 Å². The molecule has 3 aromatic heterocycles. The summed E-state index contributed by atoms with van der Waals surface area (Å²) in [5.41, 5.74) is 6.64. The number of carbonyl (C=O) groups excluding carboxylic acids is 1. The SMILES string of the molecule is Cc1ccccc1[C@@H]1CN([C@@H](C)c2cnc(S(C)(=O)=O)c3c2C(C)(C)CCO3)CCN1C1CC2(CCN(c3ccc(C(=O)NS(=O)(=O)c4cc5c(c([N+](=O)[O-])c4)N[C@H](C4CCOCC4)CO5)c(N4c5cc6cc[nH]c6nc5O[C@H]5COCC[C@@H]54)c3)CC2)C1. The van der Waals surface area contributed by atoms with Gasteiger partial charge in [0.2, 0.25) is 5.88 Å². The summed E-state index contributed by atoms with van der Waals surface area (Å²) in [5.74, 6) is -0.00388. The number of hydrogen-bond donors (Lipinski definition) is 3. The molecule has 1 amide bonds. The van der Waals surface area contributed by atoms with Gasteiger partial charge in [-0.2, -0.15) is 4.98 Å². The number of piperidine rings is 1. The number of aromatic nitrogens is 3. The van der Waals surface area contributed by atoms with Gasteiger partial charge in [-0.3, -0.25) is 24.7 Å². The average Bonchev–Trinajstić information content (AvgIpc) is 1.16. The number of nitrogens with zero attached hydrogens (tertiary/aromatic N) is 7. The highest BCUT2D eigenvalue weighted by atomic mass is 32.2. The van der Waals surface area contributed by atoms with E-state index in [-0.39, 0.29) is 76.2 Å². The van der Waals surface area contributed by atoms with Crippen LogP contribution in [0.3, 0.4) is 0 Å². The molecule has 10 heterocycles. The Morgan fingerprint density at radius 2 is 1.67 bits per heavy atom. The van der Waals surface area contributed by atoms with Crippen molar-refractivity contribution in [3.05, 3.63) is 117 Å². The lowest BCUT2D eigenvalue weighted by Crippen LogP contribution is -2.60. The Kier molecular flexibility index (Phi) is 14.9. The smallest absolute Gasteiger partial charge is 0.297 e. The Bertz CT molecular complexity index is 3970. The number of anilines is 4. The summed E-state index contributed by atoms with van der Waals surface area (Å²) in [6.45, 7) is 15.3. The van der Waals surface area contributed by atoms with E-state index in [1.54, 1.807) is 18.5 Å². The van der Waals surface area contributed by atoms with E-state index in [1.165, 1.54) is 23.4 Å². The third-order valence-corrected chi connectivity index (χ3v) is 22.8. The molecule has 4 saturated heterocycles. The number of nitro groups is 1. The number of ether oxygens (including phenoxy) is 5. The molecular formula is C64H76N10O12S2. The maximum atomic E-state index is 15.0. The van der Waals surface area contributed by atoms with Gasteiger partial charge in [-0.25, -0.2) is 26.5 Å². The number of piperazine rings is 1. The van der Waals surface area contributed by atoms with E-state index in [0.29, 0.717) is 67.5 Å². The largest absolute Gasteiger partial charge is 0.490 e. The first-order chi connectivity index (χ1) is 42.2. The maximum absolute atomic E-state index is 15.0. The van der Waals surface area contributed by atoms with E-state index in [9.17, 15) is 31.7 Å². The third kappa shape index (κ3) is 10.6. The van der Waals surface area contributed by atoms with Crippen LogP contribution in [0.1, 0.15) is 117 Å². The number of amides is 1. The summed E-state index contributed by atoms with van der Waals surface area (Å²) in [4.78, 5) is 48.8. The summed E-state index contributed by atoms with van der Waals surface area (Å²) >= 11 is 0. The molecule has 0 radical (unpaired) electrons. The molecule has 1 spiro atoms. The van der Waals surface area contributed by atoms with Gasteiger partial charge in [0.25, 0.3) is 21.6 Å². The highest BCUT2D eigenvalue weighted by Crippen LogP contribution is 2.55. The van der Waals surface area contributed by atoms with Crippen molar-refractivity contribution < 1.29 is 50.2 Å². The van der Waals surface area contributed by atoms with Crippen molar-refractivity contribution in [1.82, 2.24) is 29.5 Å². The highest BCUT2D eigenvalue weighted by molar-refractivity contribution is 7.90. The number of aryl methyl sites for hydroxylation is 1. The van der Waals surface area contributed by atoms with Gasteiger partial charge in [0, 0.05) is 118 Å². The molecule has 24 heteroatoms. The van der Waals surface area contributed by atoms with Gasteiger partial charge in [0.15, 0.2) is 32.0 Å². The number of sulfone groups is 1. The van der Waals surface area contributed by atoms with Crippen LogP contribution in [0.15, 0.2) is 89.0 Å². The number of carbonyl (C=O) groups is 1. The molecule has 1 aliphatic carbocycles. The molecule has 466 valence electrons. The van der Waals surface area contributed by atoms with E-state index in [1.807, 2.05) is 24.3 Å². The molecule has 0 bridgehead atoms. The summed E-state index contributed by atoms with van der Waals surface area (Å²) < 4.78 is 87.6. The second-order valence-corrected chi connectivity index (χ2v) is 29.8. The Balaban J connectivity index is 0.729. The summed E-state index contributed by atoms with van der Waals surface area (Å²) in [7, 11) is -8.36. The van der Waals surface area contributed by atoms with Gasteiger partial charge in [0.05, 0.1) is 46.4 Å². The quantitative estimate of drug-likeness (QED) is 0.0763. The number of pyridine rings is 2. The summed E-state index contributed by atoms with van der Waals surface area (Å²) in [5, 5.41) is 16.7. The van der Waals surface area contributed by atoms with Crippen LogP contribution >= 0.6 is 0 Å². The predicted molar refractivity (Wildman–Crippen MR) is 331 cm³/mol. The van der Waals surface area contributed by atoms with Crippen LogP contribution in [0, 0.1) is 28.4 Å². The van der Waals surface area contributed by atoms with Gasteiger partial charge in [-0.05, 0) is 129 Å². The van der Waals surface area contributed by atoms with Crippen molar-refractivity contribution in [3.63, 3.8) is 0 Å². The molecule has 0 unspecified atom stereocenters. The first kappa shape index (κ1) is 58.6. The van der Waals surface area contributed by atoms with Crippen LogP contribution in [0.5, 0.6) is 17.4 Å². The zero-order valence-corrected chi connectivity index (χ0v) is 52.0. The molecule has 1 saturated carbocycles. The Morgan fingerprint density at radius 1 is 0.886 bits per heavy atom. The van der Waals surface area contributed by atoms with Gasteiger partial charge in [-0.15, -0.1) is 0 Å². The molecule has 5 fully saturated rings. The Labute approximate surface area is 512 Å². The minimum atomic E-state index is -4.74. The van der Waals surface area contributed by atoms with Gasteiger partial charge in [-0.1, -0.05) is 38.1 Å². The number of hydrogen-bond acceptors (Lipinski definition) is 19. The van der Waals surface area contributed by atoms with Crippen LogP contribution in [0.4, 0.5) is 28.4 Å². The Hall–Kier alpha value is -7.09. The monoisotopic (exact) mass is 1240 g/mol. The number of aromatic amines is 1. The van der Waals surface area contributed by atoms with Crippen LogP contribution in [0.2, 0.25) is 0 Å². The zero-order valence-electron chi connectivity index (χ0n) is 50.3. The summed E-state index contributed by atoms with van der Waals surface area (Å²) in [6, 6.07) is 20.3. The second kappa shape index (κ2) is 22.4. The normalized spacial score (nSPS) is 24.3. The molecule has 3 aromatic carbocycles. The number of nitrogens with one attached hydrogen (secondary N) is 3. The van der Waals surface area contributed by atoms with Crippen molar-refractivity contribution >= 4 is 65.2 Å². The standard InChI is InChI=1S/C64H76N10O12S2/c1-38-8-6-7-9-45(38)53-35-71(39(2)47-34-66-62(87(5,78)79)58-56(47)63(3,4)18-27-84-58)22-23-72(53)43-32-64(33-43)16-20-70(21-17-64)42-10-11-46(50(29-42)73-49-15-26-83-37-55(49)86-61-52(73)28-41-12-19-65-59(41)68-61)60(75)69-88(80,81)44-30-51(74(76)77)57-54(31-44)85-36-48(67-57)40-13-24-82-25-14-40/h6-12,19,28-31,34,39-40,43,48-49,53,55,67H,13-18,20-27,32-33,35-37H2,1-5H3,(H,65,68)(H,69,75)/t39-,48-,49-,53-,55-/m0/s1. The topological polar surface area (TPSA) is 253 Å². The fourth-order valence-electron chi connectivity index (χ4n) is 15.5. The van der Waals surface area contributed by atoms with E-state index in [4.69, 9.17) is 28.7 Å². The third-order valence-electron chi connectivity index (χ3n) is 20.5. The second-order valence-electron chi connectivity index (χ2n) is 26.2. The fraction of sp³-hybridized carbons (Fsp3) is 0.516. The van der Waals surface area contributed by atoms with Crippen molar-refractivity contribution in [2.75, 3.05) is 93.7 Å². The van der Waals surface area contributed by atoms with E-state index < -0.39 is 47.4 Å². The van der Waals surface area contributed by atoms with Crippen LogP contribution < -0.4 is 34.0 Å². The van der Waals surface area contributed by atoms with E-state index in [2.05, 4.69) is 91.6 Å². The van der Waals surface area contributed by atoms with Crippen LogP contribution in [0.25, 0.3) is 11.0 Å². The number of benzene rings is 3. The molecule has 22 nitrogen and oxygen atoms in total. The predicted octanol–water partition coefficient (Wildman–Crippen LogP) is 8.91. The van der Waals surface area contributed by atoms with Crippen molar-refractivity contribution in [2.24, 2.45) is 11.3 Å². The lowest BCUT2D eigenvalue weighted by Gasteiger charge is -2.58. The fourth-order valence-corrected chi connectivity index (χ4v) is 17.3. The molecule has 8 aliphatic rings. The molecule has 3 N–H and O–H groups in total. The van der Waals surface area contributed by atoms with Crippen LogP contribution in [-0.4, -0.2) is 155 Å². The average molecular weight is 1240 g/mol. The molecule has 88 heavy (non-hydrogen) atoms. The number of H-pyrrole nitrogens is 1. The first-order valence-corrected chi connectivity index (χ1v) is 34.3. The Morgan fingerprint density at radius 3 is 2.44 bits per heavy atom. The number of sulfonamides is 1. The molecule has 6 aromatic rings.